The highest BCUT2D eigenvalue weighted by atomic mass is 16.5. The van der Waals surface area contributed by atoms with E-state index in [1.54, 1.807) is 18.2 Å². The number of methoxy groups -OCH3 is 1. The summed E-state index contributed by atoms with van der Waals surface area (Å²) in [6.45, 7) is 4.17. The molecule has 14 heavy (non-hydrogen) atoms. The molecule has 0 aliphatic rings. The van der Waals surface area contributed by atoms with Crippen LogP contribution >= 0.6 is 0 Å². The zero-order chi connectivity index (χ0) is 10.6. The van der Waals surface area contributed by atoms with Gasteiger partial charge in [-0.2, -0.15) is 0 Å². The summed E-state index contributed by atoms with van der Waals surface area (Å²) < 4.78 is 4.60. The van der Waals surface area contributed by atoms with E-state index in [4.69, 9.17) is 5.73 Å². The van der Waals surface area contributed by atoms with Crippen LogP contribution in [0.1, 0.15) is 15.9 Å². The Balaban J connectivity index is 3.01. The predicted molar refractivity (Wildman–Crippen MR) is 55.9 cm³/mol. The van der Waals surface area contributed by atoms with Gasteiger partial charge in [-0.25, -0.2) is 4.79 Å². The molecule has 0 aliphatic heterocycles. The molecule has 1 aromatic rings. The third kappa shape index (κ3) is 2.20. The number of benzene rings is 1. The van der Waals surface area contributed by atoms with Crippen molar-refractivity contribution in [3.05, 3.63) is 42.0 Å². The lowest BCUT2D eigenvalue weighted by Crippen LogP contribution is -2.04. The zero-order valence-electron chi connectivity index (χ0n) is 8.12. The van der Waals surface area contributed by atoms with Crippen LogP contribution in [0.3, 0.4) is 0 Å². The van der Waals surface area contributed by atoms with Crippen LogP contribution in [-0.2, 0) is 4.74 Å². The molecule has 0 bridgehead atoms. The topological polar surface area (TPSA) is 52.3 Å². The molecule has 1 aromatic carbocycles. The van der Waals surface area contributed by atoms with E-state index < -0.39 is 0 Å². The van der Waals surface area contributed by atoms with E-state index in [1.807, 2.05) is 6.07 Å². The van der Waals surface area contributed by atoms with E-state index in [0.717, 1.165) is 11.1 Å². The third-order valence-corrected chi connectivity index (χ3v) is 1.94. The monoisotopic (exact) mass is 191 g/mol. The Morgan fingerprint density at radius 3 is 2.71 bits per heavy atom. The van der Waals surface area contributed by atoms with Gasteiger partial charge < -0.3 is 10.5 Å². The molecule has 3 heteroatoms. The summed E-state index contributed by atoms with van der Waals surface area (Å²) in [7, 11) is 1.35. The Hall–Kier alpha value is -1.61. The minimum absolute atomic E-state index is 0.350. The van der Waals surface area contributed by atoms with Crippen LogP contribution in [0.15, 0.2) is 30.8 Å². The molecule has 0 radical (unpaired) electrons. The molecule has 0 fully saturated rings. The molecule has 0 spiro atoms. The molecular formula is C11H13NO2. The fourth-order valence-corrected chi connectivity index (χ4v) is 1.10. The van der Waals surface area contributed by atoms with Gasteiger partial charge in [-0.3, -0.25) is 0 Å². The van der Waals surface area contributed by atoms with Crippen LogP contribution in [0.25, 0.3) is 5.57 Å². The minimum Gasteiger partial charge on any atom is -0.465 e. The molecule has 0 saturated heterocycles. The average Bonchev–Trinajstić information content (AvgIpc) is 2.27. The number of hydrogen-bond acceptors (Lipinski definition) is 3. The van der Waals surface area contributed by atoms with Crippen molar-refractivity contribution in [2.45, 2.75) is 0 Å². The molecule has 74 valence electrons. The first-order valence-corrected chi connectivity index (χ1v) is 4.25. The SMILES string of the molecule is C=C(CN)c1cccc(C(=O)OC)c1. The normalized spacial score (nSPS) is 9.57. The van der Waals surface area contributed by atoms with E-state index in [2.05, 4.69) is 11.3 Å². The van der Waals surface area contributed by atoms with Gasteiger partial charge in [0.15, 0.2) is 0 Å². The second kappa shape index (κ2) is 4.58. The van der Waals surface area contributed by atoms with Crippen molar-refractivity contribution in [1.29, 1.82) is 0 Å². The molecule has 0 atom stereocenters. The van der Waals surface area contributed by atoms with E-state index in [-0.39, 0.29) is 5.97 Å². The first-order chi connectivity index (χ1) is 6.69. The number of nitrogens with two attached hydrogens (primary N) is 1. The summed E-state index contributed by atoms with van der Waals surface area (Å²) in [5.41, 5.74) is 7.63. The number of carbonyl (C=O) groups is 1. The molecular weight excluding hydrogens is 178 g/mol. The number of hydrogen-bond donors (Lipinski definition) is 1. The largest absolute Gasteiger partial charge is 0.465 e. The zero-order valence-corrected chi connectivity index (χ0v) is 8.12. The highest BCUT2D eigenvalue weighted by Gasteiger charge is 2.06. The van der Waals surface area contributed by atoms with Crippen molar-refractivity contribution in [3.63, 3.8) is 0 Å². The minimum atomic E-state index is -0.350. The fraction of sp³-hybridized carbons (Fsp3) is 0.182. The van der Waals surface area contributed by atoms with Crippen LogP contribution in [0, 0.1) is 0 Å². The number of esters is 1. The molecule has 2 N–H and O–H groups in total. The Kier molecular flexibility index (Phi) is 3.42. The first-order valence-electron chi connectivity index (χ1n) is 4.25. The molecule has 0 heterocycles. The summed E-state index contributed by atoms with van der Waals surface area (Å²) in [6, 6.07) is 7.06. The maximum atomic E-state index is 11.2. The molecule has 0 aromatic heterocycles. The van der Waals surface area contributed by atoms with Gasteiger partial charge in [-0.05, 0) is 23.3 Å². The average molecular weight is 191 g/mol. The molecule has 0 aliphatic carbocycles. The second-order valence-electron chi connectivity index (χ2n) is 2.88. The van der Waals surface area contributed by atoms with E-state index in [9.17, 15) is 4.79 Å². The highest BCUT2D eigenvalue weighted by Crippen LogP contribution is 2.13. The fourth-order valence-electron chi connectivity index (χ4n) is 1.10. The van der Waals surface area contributed by atoms with Crippen LogP contribution in [0.2, 0.25) is 0 Å². The van der Waals surface area contributed by atoms with Crippen LogP contribution in [0.4, 0.5) is 0 Å². The Labute approximate surface area is 83.2 Å². The van der Waals surface area contributed by atoms with Crippen LogP contribution in [-0.4, -0.2) is 19.6 Å². The van der Waals surface area contributed by atoms with Gasteiger partial charge in [0.2, 0.25) is 0 Å². The number of carbonyl (C=O) groups excluding carboxylic acids is 1. The number of rotatable bonds is 3. The quantitative estimate of drug-likeness (QED) is 0.735. The number of ether oxygens (including phenoxy) is 1. The van der Waals surface area contributed by atoms with Crippen molar-refractivity contribution < 1.29 is 9.53 Å². The summed E-state index contributed by atoms with van der Waals surface area (Å²) >= 11 is 0. The van der Waals surface area contributed by atoms with E-state index >= 15 is 0 Å². The first kappa shape index (κ1) is 10.5. The third-order valence-electron chi connectivity index (χ3n) is 1.94. The van der Waals surface area contributed by atoms with E-state index in [1.165, 1.54) is 7.11 Å². The van der Waals surface area contributed by atoms with Gasteiger partial charge in [0.05, 0.1) is 12.7 Å². The lowest BCUT2D eigenvalue weighted by atomic mass is 10.0. The lowest BCUT2D eigenvalue weighted by molar-refractivity contribution is 0.0600. The van der Waals surface area contributed by atoms with E-state index in [0.29, 0.717) is 12.1 Å². The van der Waals surface area contributed by atoms with Gasteiger partial charge in [-0.15, -0.1) is 0 Å². The van der Waals surface area contributed by atoms with Crippen molar-refractivity contribution in [3.8, 4) is 0 Å². The predicted octanol–water partition coefficient (Wildman–Crippen LogP) is 1.45. The maximum absolute atomic E-state index is 11.2. The second-order valence-corrected chi connectivity index (χ2v) is 2.88. The summed E-state index contributed by atoms with van der Waals surface area (Å²) in [5, 5.41) is 0. The maximum Gasteiger partial charge on any atom is 0.337 e. The standard InChI is InChI=1S/C11H13NO2/c1-8(7-12)9-4-3-5-10(6-9)11(13)14-2/h3-6H,1,7,12H2,2H3. The van der Waals surface area contributed by atoms with Gasteiger partial charge >= 0.3 is 5.97 Å². The molecule has 0 amide bonds. The van der Waals surface area contributed by atoms with Crippen LogP contribution in [0.5, 0.6) is 0 Å². The Morgan fingerprint density at radius 2 is 2.14 bits per heavy atom. The van der Waals surface area contributed by atoms with Crippen molar-refractivity contribution >= 4 is 11.5 Å². The summed E-state index contributed by atoms with van der Waals surface area (Å²) in [6.07, 6.45) is 0. The molecule has 0 saturated carbocycles. The van der Waals surface area contributed by atoms with Crippen molar-refractivity contribution in [2.24, 2.45) is 5.73 Å². The van der Waals surface area contributed by atoms with Gasteiger partial charge in [0.1, 0.15) is 0 Å². The van der Waals surface area contributed by atoms with Gasteiger partial charge in [0, 0.05) is 6.54 Å². The van der Waals surface area contributed by atoms with Gasteiger partial charge in [0.25, 0.3) is 0 Å². The molecule has 1 rings (SSSR count). The molecule has 0 unspecified atom stereocenters. The van der Waals surface area contributed by atoms with Gasteiger partial charge in [-0.1, -0.05) is 18.7 Å². The lowest BCUT2D eigenvalue weighted by Gasteiger charge is -2.04. The molecule has 3 nitrogen and oxygen atoms in total. The smallest absolute Gasteiger partial charge is 0.337 e. The van der Waals surface area contributed by atoms with Crippen molar-refractivity contribution in [1.82, 2.24) is 0 Å². The Bertz CT molecular complexity index is 327. The highest BCUT2D eigenvalue weighted by molar-refractivity contribution is 5.90. The van der Waals surface area contributed by atoms with Crippen molar-refractivity contribution in [2.75, 3.05) is 13.7 Å². The summed E-state index contributed by atoms with van der Waals surface area (Å²) in [5.74, 6) is -0.350. The van der Waals surface area contributed by atoms with Crippen LogP contribution < -0.4 is 5.73 Å². The Morgan fingerprint density at radius 1 is 1.50 bits per heavy atom. The summed E-state index contributed by atoms with van der Waals surface area (Å²) in [4.78, 5) is 11.2.